The minimum absolute atomic E-state index is 0.0586. The first-order valence-corrected chi connectivity index (χ1v) is 8.80. The standard InChI is InChI=1S/C15H24N4OS/c1-18-8-7-16-13(18)11-17-14(20)19-9-10-21-15(12-19)5-3-2-4-6-15/h7-8H,2-6,9-12H2,1H3,(H,17,20). The fourth-order valence-corrected chi connectivity index (χ4v) is 4.92. The lowest BCUT2D eigenvalue weighted by Crippen LogP contribution is -2.52. The molecule has 0 aromatic carbocycles. The molecular formula is C15H24N4OS. The van der Waals surface area contributed by atoms with Crippen LogP contribution in [0, 0.1) is 0 Å². The van der Waals surface area contributed by atoms with E-state index in [1.807, 2.05) is 22.7 Å². The molecule has 21 heavy (non-hydrogen) atoms. The van der Waals surface area contributed by atoms with E-state index in [1.165, 1.54) is 32.1 Å². The molecule has 1 saturated heterocycles. The Morgan fingerprint density at radius 3 is 2.95 bits per heavy atom. The minimum Gasteiger partial charge on any atom is -0.337 e. The quantitative estimate of drug-likeness (QED) is 0.912. The summed E-state index contributed by atoms with van der Waals surface area (Å²) in [6.07, 6.45) is 10.2. The molecule has 2 aliphatic rings. The zero-order chi connectivity index (χ0) is 14.7. The van der Waals surface area contributed by atoms with Crippen LogP contribution in [0.2, 0.25) is 0 Å². The fourth-order valence-electron chi connectivity index (χ4n) is 3.35. The number of carbonyl (C=O) groups excluding carboxylic acids is 1. The Morgan fingerprint density at radius 2 is 2.24 bits per heavy atom. The van der Waals surface area contributed by atoms with E-state index in [-0.39, 0.29) is 6.03 Å². The molecule has 3 rings (SSSR count). The van der Waals surface area contributed by atoms with Crippen molar-refractivity contribution >= 4 is 17.8 Å². The summed E-state index contributed by atoms with van der Waals surface area (Å²) in [7, 11) is 1.95. The number of aromatic nitrogens is 2. The molecule has 2 amide bonds. The summed E-state index contributed by atoms with van der Waals surface area (Å²) in [5.74, 6) is 1.96. The molecule has 0 radical (unpaired) electrons. The second-order valence-electron chi connectivity index (χ2n) is 6.13. The van der Waals surface area contributed by atoms with Gasteiger partial charge < -0.3 is 14.8 Å². The molecule has 2 fully saturated rings. The van der Waals surface area contributed by atoms with Crippen molar-refractivity contribution in [2.45, 2.75) is 43.4 Å². The minimum atomic E-state index is 0.0586. The van der Waals surface area contributed by atoms with Crippen molar-refractivity contribution in [3.63, 3.8) is 0 Å². The molecule has 1 aromatic rings. The van der Waals surface area contributed by atoms with E-state index in [2.05, 4.69) is 22.1 Å². The molecule has 6 heteroatoms. The average molecular weight is 308 g/mol. The van der Waals surface area contributed by atoms with E-state index in [0.29, 0.717) is 11.3 Å². The van der Waals surface area contributed by atoms with Crippen LogP contribution in [0.1, 0.15) is 37.9 Å². The SMILES string of the molecule is Cn1ccnc1CNC(=O)N1CCSC2(CCCCC2)C1. The zero-order valence-corrected chi connectivity index (χ0v) is 13.5. The summed E-state index contributed by atoms with van der Waals surface area (Å²) in [6.45, 7) is 2.27. The number of thioether (sulfide) groups is 1. The number of nitrogens with one attached hydrogen (secondary N) is 1. The molecule has 0 unspecified atom stereocenters. The second-order valence-corrected chi connectivity index (χ2v) is 7.69. The first-order chi connectivity index (χ1) is 10.2. The predicted octanol–water partition coefficient (Wildman–Crippen LogP) is 2.38. The third kappa shape index (κ3) is 3.36. The van der Waals surface area contributed by atoms with Crippen LogP contribution >= 0.6 is 11.8 Å². The summed E-state index contributed by atoms with van der Waals surface area (Å²) in [5, 5.41) is 3.01. The number of rotatable bonds is 2. The van der Waals surface area contributed by atoms with Crippen LogP contribution in [-0.2, 0) is 13.6 Å². The van der Waals surface area contributed by atoms with Gasteiger partial charge in [0, 0.05) is 43.0 Å². The Labute approximate surface area is 130 Å². The number of nitrogens with zero attached hydrogens (tertiary/aromatic N) is 3. The smallest absolute Gasteiger partial charge is 0.317 e. The van der Waals surface area contributed by atoms with Crippen LogP contribution in [0.15, 0.2) is 12.4 Å². The van der Waals surface area contributed by atoms with E-state index in [0.717, 1.165) is 24.7 Å². The third-order valence-electron chi connectivity index (χ3n) is 4.62. The summed E-state index contributed by atoms with van der Waals surface area (Å²) in [6, 6.07) is 0.0586. The largest absolute Gasteiger partial charge is 0.337 e. The van der Waals surface area contributed by atoms with Crippen molar-refractivity contribution in [1.82, 2.24) is 19.8 Å². The highest BCUT2D eigenvalue weighted by molar-refractivity contribution is 8.00. The lowest BCUT2D eigenvalue weighted by Gasteiger charge is -2.44. The number of aryl methyl sites for hydroxylation is 1. The number of hydrogen-bond acceptors (Lipinski definition) is 3. The van der Waals surface area contributed by atoms with Crippen LogP contribution in [0.4, 0.5) is 4.79 Å². The van der Waals surface area contributed by atoms with Gasteiger partial charge in [-0.05, 0) is 12.8 Å². The van der Waals surface area contributed by atoms with Gasteiger partial charge in [-0.25, -0.2) is 9.78 Å². The normalized spacial score (nSPS) is 21.5. The van der Waals surface area contributed by atoms with Gasteiger partial charge in [0.1, 0.15) is 5.82 Å². The predicted molar refractivity (Wildman–Crippen MR) is 85.3 cm³/mol. The van der Waals surface area contributed by atoms with Crippen LogP contribution < -0.4 is 5.32 Å². The molecule has 1 spiro atoms. The molecule has 1 aliphatic carbocycles. The summed E-state index contributed by atoms with van der Waals surface area (Å²) in [4.78, 5) is 18.6. The molecule has 2 heterocycles. The second kappa shape index (κ2) is 6.30. The van der Waals surface area contributed by atoms with Gasteiger partial charge in [0.05, 0.1) is 6.54 Å². The van der Waals surface area contributed by atoms with Crippen molar-refractivity contribution in [3.8, 4) is 0 Å². The maximum absolute atomic E-state index is 12.4. The molecule has 0 bridgehead atoms. The van der Waals surface area contributed by atoms with E-state index < -0.39 is 0 Å². The number of hydrogen-bond donors (Lipinski definition) is 1. The Kier molecular flexibility index (Phi) is 4.42. The van der Waals surface area contributed by atoms with Gasteiger partial charge in [0.25, 0.3) is 0 Å². The average Bonchev–Trinajstić information content (AvgIpc) is 2.91. The van der Waals surface area contributed by atoms with Gasteiger partial charge >= 0.3 is 6.03 Å². The van der Waals surface area contributed by atoms with Crippen molar-refractivity contribution in [2.75, 3.05) is 18.8 Å². The van der Waals surface area contributed by atoms with E-state index in [9.17, 15) is 4.79 Å². The Hall–Kier alpha value is -1.17. The molecule has 0 atom stereocenters. The van der Waals surface area contributed by atoms with Gasteiger partial charge in [-0.3, -0.25) is 0 Å². The highest BCUT2D eigenvalue weighted by Crippen LogP contribution is 2.42. The van der Waals surface area contributed by atoms with Crippen LogP contribution in [0.25, 0.3) is 0 Å². The van der Waals surface area contributed by atoms with Crippen molar-refractivity contribution < 1.29 is 4.79 Å². The van der Waals surface area contributed by atoms with Gasteiger partial charge in [0.2, 0.25) is 0 Å². The maximum Gasteiger partial charge on any atom is 0.317 e. The molecule has 1 N–H and O–H groups in total. The van der Waals surface area contributed by atoms with Gasteiger partial charge in [-0.1, -0.05) is 19.3 Å². The van der Waals surface area contributed by atoms with E-state index in [4.69, 9.17) is 0 Å². The molecule has 1 aromatic heterocycles. The highest BCUT2D eigenvalue weighted by atomic mass is 32.2. The Bertz CT molecular complexity index is 490. The molecule has 116 valence electrons. The molecule has 5 nitrogen and oxygen atoms in total. The van der Waals surface area contributed by atoms with Crippen molar-refractivity contribution in [1.29, 1.82) is 0 Å². The number of carbonyl (C=O) groups is 1. The summed E-state index contributed by atoms with van der Waals surface area (Å²) >= 11 is 2.09. The summed E-state index contributed by atoms with van der Waals surface area (Å²) in [5.41, 5.74) is 0. The van der Waals surface area contributed by atoms with Gasteiger partial charge in [0.15, 0.2) is 0 Å². The Balaban J connectivity index is 1.55. The molecule has 1 aliphatic heterocycles. The first kappa shape index (κ1) is 14.8. The lowest BCUT2D eigenvalue weighted by molar-refractivity contribution is 0.184. The van der Waals surface area contributed by atoms with Crippen LogP contribution in [0.3, 0.4) is 0 Å². The van der Waals surface area contributed by atoms with Crippen molar-refractivity contribution in [2.24, 2.45) is 7.05 Å². The lowest BCUT2D eigenvalue weighted by atomic mass is 9.87. The molecule has 1 saturated carbocycles. The van der Waals surface area contributed by atoms with Crippen LogP contribution in [-0.4, -0.2) is 44.1 Å². The molecular weight excluding hydrogens is 284 g/mol. The number of imidazole rings is 1. The number of urea groups is 1. The van der Waals surface area contributed by atoms with E-state index >= 15 is 0 Å². The van der Waals surface area contributed by atoms with Gasteiger partial charge in [-0.2, -0.15) is 11.8 Å². The maximum atomic E-state index is 12.4. The van der Waals surface area contributed by atoms with Crippen LogP contribution in [0.5, 0.6) is 0 Å². The highest BCUT2D eigenvalue weighted by Gasteiger charge is 2.38. The van der Waals surface area contributed by atoms with Gasteiger partial charge in [-0.15, -0.1) is 0 Å². The summed E-state index contributed by atoms with van der Waals surface area (Å²) < 4.78 is 2.27. The third-order valence-corrected chi connectivity index (χ3v) is 6.16. The van der Waals surface area contributed by atoms with E-state index in [1.54, 1.807) is 6.20 Å². The number of amides is 2. The first-order valence-electron chi connectivity index (χ1n) is 7.81. The fraction of sp³-hybridized carbons (Fsp3) is 0.733. The topological polar surface area (TPSA) is 50.2 Å². The van der Waals surface area contributed by atoms with Crippen molar-refractivity contribution in [3.05, 3.63) is 18.2 Å². The zero-order valence-electron chi connectivity index (χ0n) is 12.7. The Morgan fingerprint density at radius 1 is 1.43 bits per heavy atom. The monoisotopic (exact) mass is 308 g/mol.